The molecule has 0 radical (unpaired) electrons. The van der Waals surface area contributed by atoms with E-state index in [1.807, 2.05) is 0 Å². The fourth-order valence-electron chi connectivity index (χ4n) is 1.85. The van der Waals surface area contributed by atoms with E-state index in [0.717, 1.165) is 0 Å². The molecule has 8 nitrogen and oxygen atoms in total. The molecule has 0 bridgehead atoms. The Morgan fingerprint density at radius 3 is 2.64 bits per heavy atom. The van der Waals surface area contributed by atoms with Crippen molar-refractivity contribution in [3.8, 4) is 5.75 Å². The van der Waals surface area contributed by atoms with Crippen LogP contribution in [0, 0.1) is 10.1 Å². The molecule has 0 spiro atoms. The lowest BCUT2D eigenvalue weighted by molar-refractivity contribution is -0.385. The number of carbonyl (C=O) groups excluding carboxylic acids is 1. The van der Waals surface area contributed by atoms with Crippen molar-refractivity contribution in [1.29, 1.82) is 0 Å². The molecule has 1 rings (SSSR count). The highest BCUT2D eigenvalue weighted by Crippen LogP contribution is 2.24. The van der Waals surface area contributed by atoms with Crippen LogP contribution in [0.15, 0.2) is 18.2 Å². The van der Waals surface area contributed by atoms with Crippen LogP contribution in [0.5, 0.6) is 5.75 Å². The number of hydrogen-bond acceptors (Lipinski definition) is 6. The fourth-order valence-corrected chi connectivity index (χ4v) is 1.85. The van der Waals surface area contributed by atoms with Gasteiger partial charge in [0.05, 0.1) is 4.92 Å². The molecule has 122 valence electrons. The fraction of sp³-hybridized carbons (Fsp3) is 0.500. The summed E-state index contributed by atoms with van der Waals surface area (Å²) in [5, 5.41) is 23.0. The van der Waals surface area contributed by atoms with E-state index in [1.165, 1.54) is 18.2 Å². The molecule has 4 N–H and O–H groups in total. The number of hydrogen-bond donors (Lipinski definition) is 3. The van der Waals surface area contributed by atoms with Gasteiger partial charge in [-0.3, -0.25) is 10.1 Å². The summed E-state index contributed by atoms with van der Waals surface area (Å²) < 4.78 is 5.12. The Morgan fingerprint density at radius 1 is 1.50 bits per heavy atom. The first-order valence-corrected chi connectivity index (χ1v) is 6.78. The number of phenolic OH excluding ortho intramolecular Hbond substituents is 1. The standard InChI is InChI=1S/C14H21N3O5/c1-14(2,3)22-13(19)16-10(8-15)6-9-7-11(18)4-5-12(9)17(20)21/h4-5,7,10,18H,6,8,15H2,1-3H3,(H,16,19). The van der Waals surface area contributed by atoms with Crippen molar-refractivity contribution < 1.29 is 19.6 Å². The highest BCUT2D eigenvalue weighted by atomic mass is 16.6. The minimum absolute atomic E-state index is 0.0754. The van der Waals surface area contributed by atoms with Gasteiger partial charge < -0.3 is 20.9 Å². The monoisotopic (exact) mass is 311 g/mol. The number of carbonyl (C=O) groups is 1. The lowest BCUT2D eigenvalue weighted by atomic mass is 10.0. The molecule has 0 aromatic heterocycles. The number of phenols is 1. The van der Waals surface area contributed by atoms with Gasteiger partial charge in [-0.15, -0.1) is 0 Å². The maximum Gasteiger partial charge on any atom is 0.407 e. The lowest BCUT2D eigenvalue weighted by Gasteiger charge is -2.23. The van der Waals surface area contributed by atoms with Crippen molar-refractivity contribution in [3.05, 3.63) is 33.9 Å². The molecule has 8 heteroatoms. The topological polar surface area (TPSA) is 128 Å². The van der Waals surface area contributed by atoms with Gasteiger partial charge >= 0.3 is 6.09 Å². The number of ether oxygens (including phenoxy) is 1. The quantitative estimate of drug-likeness (QED) is 0.561. The van der Waals surface area contributed by atoms with Gasteiger partial charge in [0.25, 0.3) is 5.69 Å². The minimum Gasteiger partial charge on any atom is -0.508 e. The Hall–Kier alpha value is -2.35. The minimum atomic E-state index is -0.653. The Kier molecular flexibility index (Phi) is 5.69. The zero-order valence-electron chi connectivity index (χ0n) is 12.8. The van der Waals surface area contributed by atoms with E-state index in [4.69, 9.17) is 10.5 Å². The van der Waals surface area contributed by atoms with E-state index in [9.17, 15) is 20.0 Å². The molecule has 22 heavy (non-hydrogen) atoms. The molecule has 0 heterocycles. The number of nitro groups is 1. The average Bonchev–Trinajstić information content (AvgIpc) is 2.35. The first-order valence-electron chi connectivity index (χ1n) is 6.78. The summed E-state index contributed by atoms with van der Waals surface area (Å²) in [7, 11) is 0. The SMILES string of the molecule is CC(C)(C)OC(=O)NC(CN)Cc1cc(O)ccc1[N+](=O)[O-]. The second kappa shape index (κ2) is 7.08. The molecule has 0 fully saturated rings. The van der Waals surface area contributed by atoms with E-state index < -0.39 is 22.7 Å². The van der Waals surface area contributed by atoms with Gasteiger partial charge in [0.1, 0.15) is 11.4 Å². The van der Waals surface area contributed by atoms with Gasteiger partial charge in [0, 0.05) is 30.6 Å². The van der Waals surface area contributed by atoms with Crippen LogP contribution in [0.25, 0.3) is 0 Å². The van der Waals surface area contributed by atoms with Gasteiger partial charge in [0.15, 0.2) is 0 Å². The number of benzene rings is 1. The molecular formula is C14H21N3O5. The van der Waals surface area contributed by atoms with E-state index in [1.54, 1.807) is 20.8 Å². The first kappa shape index (κ1) is 17.7. The van der Waals surface area contributed by atoms with Crippen LogP contribution in [0.2, 0.25) is 0 Å². The van der Waals surface area contributed by atoms with Crippen molar-refractivity contribution in [3.63, 3.8) is 0 Å². The van der Waals surface area contributed by atoms with Crippen LogP contribution >= 0.6 is 0 Å². The largest absolute Gasteiger partial charge is 0.508 e. The van der Waals surface area contributed by atoms with Crippen molar-refractivity contribution in [2.45, 2.75) is 38.8 Å². The van der Waals surface area contributed by atoms with Crippen LogP contribution < -0.4 is 11.1 Å². The zero-order chi connectivity index (χ0) is 16.9. The third-order valence-electron chi connectivity index (χ3n) is 2.73. The van der Waals surface area contributed by atoms with Crippen molar-refractivity contribution in [2.75, 3.05) is 6.54 Å². The van der Waals surface area contributed by atoms with Crippen LogP contribution in [0.3, 0.4) is 0 Å². The normalized spacial score (nSPS) is 12.5. The van der Waals surface area contributed by atoms with Crippen LogP contribution in [0.1, 0.15) is 26.3 Å². The lowest BCUT2D eigenvalue weighted by Crippen LogP contribution is -2.44. The summed E-state index contributed by atoms with van der Waals surface area (Å²) in [4.78, 5) is 22.2. The van der Waals surface area contributed by atoms with Gasteiger partial charge in [-0.1, -0.05) is 0 Å². The predicted octanol–water partition coefficient (Wildman–Crippen LogP) is 1.69. The molecule has 0 aliphatic rings. The molecule has 0 saturated carbocycles. The summed E-state index contributed by atoms with van der Waals surface area (Å²) in [5.41, 5.74) is 5.09. The maximum atomic E-state index is 11.7. The molecule has 1 amide bonds. The van der Waals surface area contributed by atoms with Crippen molar-refractivity contribution in [2.24, 2.45) is 5.73 Å². The van der Waals surface area contributed by atoms with E-state index in [2.05, 4.69) is 5.32 Å². The molecule has 0 saturated heterocycles. The number of amides is 1. The summed E-state index contributed by atoms with van der Waals surface area (Å²) in [5.74, 6) is -0.0892. The zero-order valence-corrected chi connectivity index (χ0v) is 12.8. The van der Waals surface area contributed by atoms with Gasteiger partial charge in [0.2, 0.25) is 0 Å². The summed E-state index contributed by atoms with van der Waals surface area (Å²) in [6.45, 7) is 5.25. The summed E-state index contributed by atoms with van der Waals surface area (Å²) >= 11 is 0. The molecule has 0 aliphatic heterocycles. The summed E-state index contributed by atoms with van der Waals surface area (Å²) in [6, 6.07) is 3.19. The number of nitro benzene ring substituents is 1. The van der Waals surface area contributed by atoms with Crippen LogP contribution in [-0.2, 0) is 11.2 Å². The third-order valence-corrected chi connectivity index (χ3v) is 2.73. The number of nitrogens with zero attached hydrogens (tertiary/aromatic N) is 1. The third kappa shape index (κ3) is 5.57. The predicted molar refractivity (Wildman–Crippen MR) is 80.7 cm³/mol. The molecule has 0 aliphatic carbocycles. The van der Waals surface area contributed by atoms with Crippen molar-refractivity contribution in [1.82, 2.24) is 5.32 Å². The number of nitrogens with one attached hydrogen (secondary N) is 1. The van der Waals surface area contributed by atoms with E-state index >= 15 is 0 Å². The van der Waals surface area contributed by atoms with E-state index in [-0.39, 0.29) is 30.0 Å². The Labute approximate surface area is 128 Å². The molecule has 1 unspecified atom stereocenters. The van der Waals surface area contributed by atoms with Crippen LogP contribution in [-0.4, -0.2) is 34.3 Å². The molecule has 1 atom stereocenters. The summed E-state index contributed by atoms with van der Waals surface area (Å²) in [6.07, 6.45) is -0.536. The van der Waals surface area contributed by atoms with Crippen molar-refractivity contribution >= 4 is 11.8 Å². The van der Waals surface area contributed by atoms with Gasteiger partial charge in [-0.2, -0.15) is 0 Å². The maximum absolute atomic E-state index is 11.7. The Bertz CT molecular complexity index is 554. The molecule has 1 aromatic rings. The van der Waals surface area contributed by atoms with E-state index in [0.29, 0.717) is 0 Å². The van der Waals surface area contributed by atoms with Gasteiger partial charge in [-0.25, -0.2) is 4.79 Å². The first-order chi connectivity index (χ1) is 10.1. The number of alkyl carbamates (subject to hydrolysis) is 1. The van der Waals surface area contributed by atoms with Crippen LogP contribution in [0.4, 0.5) is 10.5 Å². The number of rotatable bonds is 5. The Balaban J connectivity index is 2.84. The highest BCUT2D eigenvalue weighted by Gasteiger charge is 2.22. The second-order valence-corrected chi connectivity index (χ2v) is 5.85. The number of nitrogens with two attached hydrogens (primary N) is 1. The second-order valence-electron chi connectivity index (χ2n) is 5.85. The smallest absolute Gasteiger partial charge is 0.407 e. The average molecular weight is 311 g/mol. The van der Waals surface area contributed by atoms with Gasteiger partial charge in [-0.05, 0) is 32.9 Å². The molecule has 1 aromatic carbocycles. The Morgan fingerprint density at radius 2 is 2.14 bits per heavy atom. The highest BCUT2D eigenvalue weighted by molar-refractivity contribution is 5.68. The molecular weight excluding hydrogens is 290 g/mol. The number of aromatic hydroxyl groups is 1.